The highest BCUT2D eigenvalue weighted by molar-refractivity contribution is 5.79. The Labute approximate surface area is 734 Å². The molecular weight excluding hydrogens is 1640 g/mol. The summed E-state index contributed by atoms with van der Waals surface area (Å²) in [5, 5.41) is 57.9. The number of ketones is 1. The summed E-state index contributed by atoms with van der Waals surface area (Å²) < 4.78 is 119. The number of hydrogen-bond donors (Lipinski definition) is 4. The number of rotatable bonds is 81. The molecule has 7 N–H and O–H groups in total. The molecule has 0 bridgehead atoms. The monoisotopic (exact) mass is 1770 g/mol. The fraction of sp³-hybridized carbons (Fsp3) is 0.720. The van der Waals surface area contributed by atoms with Crippen molar-refractivity contribution in [3.8, 4) is 22.6 Å². The molecule has 0 aliphatic heterocycles. The predicted octanol–water partition coefficient (Wildman–Crippen LogP) is 2.71. The van der Waals surface area contributed by atoms with E-state index in [0.717, 1.165) is 59.8 Å². The van der Waals surface area contributed by atoms with E-state index in [4.69, 9.17) is 121 Å². The van der Waals surface area contributed by atoms with Gasteiger partial charge in [0.1, 0.15) is 18.9 Å². The minimum absolute atomic E-state index is 0.0232. The fourth-order valence-electron chi connectivity index (χ4n) is 9.34. The van der Waals surface area contributed by atoms with Crippen molar-refractivity contribution in [2.45, 2.75) is 97.7 Å². The van der Waals surface area contributed by atoms with Crippen molar-refractivity contribution < 1.29 is 114 Å². The van der Waals surface area contributed by atoms with Crippen LogP contribution in [0.1, 0.15) is 93.7 Å². The van der Waals surface area contributed by atoms with E-state index in [1.807, 2.05) is 54.6 Å². The van der Waals surface area contributed by atoms with Gasteiger partial charge in [0.2, 0.25) is 5.91 Å². The van der Waals surface area contributed by atoms with Crippen molar-refractivity contribution in [3.05, 3.63) is 95.7 Å². The standard InChI is InChI=1S/C51H97N5O24.C15H12N4.C12H22N4.C4H8N6/c1-59-5-7-61-9-11-63-13-15-65-17-19-67-21-23-69-25-27-71-29-31-73-33-35-75-37-39-77-41-43-79-46-48(57)3-4-49-53-55-50(56-54-49)45-52-51(58)47-80-44-42-78-40-38-76-36-34-74-32-30-72-28-26-70-24-22-68-20-18-66-16-14-64-12-10-62-8-6-60-2;16-13-8-6-11(7-9-13)14-10-17-15(19-18-14)12-4-2-1-3-5-12;1-3-5-7-9-11-13-15-12(16-14-11)10-8-6-4-2;5-1-3-7-9-4(2-6)10-8-3/h3-47H2,1-2H3,(H,52,58);1-10H,16H2;3-10H2,1-2H3;1-2,5-6H2. The molecule has 1 amide bonds. The first-order valence-corrected chi connectivity index (χ1v) is 42.7. The number of hydrogen-bond acceptors (Lipinski definition) is 42. The number of Topliss-reactive ketones (excluding diaryl/α,β-unsaturated/α-hetero) is 1. The van der Waals surface area contributed by atoms with Crippen LogP contribution in [-0.4, -0.2) is 380 Å². The minimum Gasteiger partial charge on any atom is -0.399 e. The Morgan fingerprint density at radius 3 is 0.888 bits per heavy atom. The first kappa shape index (κ1) is 111. The Bertz CT molecular complexity index is 3180. The highest BCUT2D eigenvalue weighted by atomic mass is 16.6. The number of ether oxygens (including phenoxy) is 22. The first-order valence-electron chi connectivity index (χ1n) is 42.7. The summed E-state index contributed by atoms with van der Waals surface area (Å²) in [6, 6.07) is 17.3. The van der Waals surface area contributed by atoms with Crippen LogP contribution in [0.4, 0.5) is 5.69 Å². The fourth-order valence-corrected chi connectivity index (χ4v) is 9.34. The summed E-state index contributed by atoms with van der Waals surface area (Å²) in [6.45, 7) is 23.2. The molecule has 4 heterocycles. The largest absolute Gasteiger partial charge is 0.399 e. The van der Waals surface area contributed by atoms with Crippen LogP contribution in [0, 0.1) is 0 Å². The zero-order chi connectivity index (χ0) is 89.3. The van der Waals surface area contributed by atoms with Crippen LogP contribution in [0.25, 0.3) is 22.6 Å². The van der Waals surface area contributed by atoms with Crippen LogP contribution >= 0.6 is 0 Å². The van der Waals surface area contributed by atoms with Crippen LogP contribution in [0.5, 0.6) is 0 Å². The number of nitrogens with zero attached hydrogens (tertiary/aromatic N) is 15. The molecule has 2 aromatic carbocycles. The van der Waals surface area contributed by atoms with Gasteiger partial charge in [-0.3, -0.25) is 9.59 Å². The van der Waals surface area contributed by atoms with Gasteiger partial charge in [0.05, 0.1) is 290 Å². The number of nitrogens with two attached hydrogens (primary N) is 3. The zero-order valence-electron chi connectivity index (χ0n) is 73.9. The number of methoxy groups -OCH3 is 2. The molecule has 0 radical (unpaired) electrons. The summed E-state index contributed by atoms with van der Waals surface area (Å²) in [4.78, 5) is 28.7. The number of amides is 1. The second-order valence-electron chi connectivity index (χ2n) is 26.1. The van der Waals surface area contributed by atoms with E-state index in [1.54, 1.807) is 20.4 Å². The van der Waals surface area contributed by atoms with Crippen LogP contribution in [0.3, 0.4) is 0 Å². The highest BCUT2D eigenvalue weighted by Gasteiger charge is 2.11. The van der Waals surface area contributed by atoms with Crippen molar-refractivity contribution >= 4 is 17.4 Å². The highest BCUT2D eigenvalue weighted by Crippen LogP contribution is 2.19. The number of aryl methyl sites for hydroxylation is 3. The molecule has 0 fully saturated rings. The van der Waals surface area contributed by atoms with Crippen LogP contribution in [0.15, 0.2) is 60.8 Å². The first-order chi connectivity index (χ1) is 61.7. The molecule has 0 aliphatic carbocycles. The van der Waals surface area contributed by atoms with Gasteiger partial charge >= 0.3 is 0 Å². The van der Waals surface area contributed by atoms with Gasteiger partial charge in [-0.2, -0.15) is 0 Å². The van der Waals surface area contributed by atoms with E-state index in [9.17, 15) is 9.59 Å². The van der Waals surface area contributed by atoms with Gasteiger partial charge in [0.15, 0.2) is 46.6 Å². The number of anilines is 1. The maximum atomic E-state index is 12.2. The molecule has 6 rings (SSSR count). The topological polar surface area (TPSA) is 521 Å². The van der Waals surface area contributed by atoms with E-state index < -0.39 is 0 Å². The van der Waals surface area contributed by atoms with Gasteiger partial charge in [-0.25, -0.2) is 4.98 Å². The second-order valence-corrected chi connectivity index (χ2v) is 26.1. The van der Waals surface area contributed by atoms with Crippen molar-refractivity contribution in [1.82, 2.24) is 81.7 Å². The van der Waals surface area contributed by atoms with Gasteiger partial charge in [0, 0.05) is 56.7 Å². The Morgan fingerprint density at radius 1 is 0.304 bits per heavy atom. The normalized spacial score (nSPS) is 11.1. The summed E-state index contributed by atoms with van der Waals surface area (Å²) >= 11 is 0. The number of benzene rings is 2. The van der Waals surface area contributed by atoms with E-state index in [-0.39, 0.29) is 76.4 Å². The van der Waals surface area contributed by atoms with Crippen molar-refractivity contribution in [2.24, 2.45) is 11.5 Å². The van der Waals surface area contributed by atoms with Crippen molar-refractivity contribution in [3.63, 3.8) is 0 Å². The molecule has 0 spiro atoms. The molecule has 0 aliphatic rings. The van der Waals surface area contributed by atoms with E-state index in [2.05, 4.69) is 95.5 Å². The van der Waals surface area contributed by atoms with Crippen molar-refractivity contribution in [2.75, 3.05) is 297 Å². The third kappa shape index (κ3) is 69.0. The molecule has 0 unspecified atom stereocenters. The van der Waals surface area contributed by atoms with Crippen LogP contribution in [0.2, 0.25) is 0 Å². The molecule has 0 saturated carbocycles. The summed E-state index contributed by atoms with van der Waals surface area (Å²) in [6.07, 6.45) is 11.1. The molecule has 6 aromatic rings. The summed E-state index contributed by atoms with van der Waals surface area (Å²) in [5.74, 6) is 3.10. The Hall–Kier alpha value is -7.75. The van der Waals surface area contributed by atoms with Crippen LogP contribution in [-0.2, 0) is 153 Å². The van der Waals surface area contributed by atoms with Crippen molar-refractivity contribution in [1.29, 1.82) is 0 Å². The number of carbonyl (C=O) groups excluding carboxylic acids is 2. The van der Waals surface area contributed by atoms with E-state index >= 15 is 0 Å². The van der Waals surface area contributed by atoms with Crippen LogP contribution < -0.4 is 22.5 Å². The van der Waals surface area contributed by atoms with Gasteiger partial charge in [-0.15, -0.1) is 71.4 Å². The number of unbranched alkanes of at least 4 members (excludes halogenated alkanes) is 4. The third-order valence-electron chi connectivity index (χ3n) is 16.0. The Balaban J connectivity index is 0.000000702. The van der Waals surface area contributed by atoms with Gasteiger partial charge in [-0.05, 0) is 25.0 Å². The maximum absolute atomic E-state index is 12.2. The molecule has 125 heavy (non-hydrogen) atoms. The van der Waals surface area contributed by atoms with E-state index in [1.165, 1.54) is 25.7 Å². The molecular formula is C82H139N19O24. The second kappa shape index (κ2) is 85.7. The molecule has 43 heteroatoms. The molecule has 0 atom stereocenters. The summed E-state index contributed by atoms with van der Waals surface area (Å²) in [7, 11) is 3.27. The average molecular weight is 1780 g/mol. The minimum atomic E-state index is -0.357. The molecule has 0 saturated heterocycles. The molecule has 706 valence electrons. The number of carbonyl (C=O) groups is 2. The molecule has 43 nitrogen and oxygen atoms in total. The third-order valence-corrected chi connectivity index (χ3v) is 16.0. The predicted molar refractivity (Wildman–Crippen MR) is 456 cm³/mol. The van der Waals surface area contributed by atoms with Gasteiger partial charge in [0.25, 0.3) is 0 Å². The number of aromatic nitrogens is 15. The smallest absolute Gasteiger partial charge is 0.246 e. The van der Waals surface area contributed by atoms with Gasteiger partial charge < -0.3 is 127 Å². The average Bonchev–Trinajstić information content (AvgIpc) is 0.839. The maximum Gasteiger partial charge on any atom is 0.246 e. The lowest BCUT2D eigenvalue weighted by Gasteiger charge is -2.09. The number of nitrogen functional groups attached to an aromatic ring is 1. The lowest BCUT2D eigenvalue weighted by atomic mass is 10.1. The number of nitrogens with one attached hydrogen (secondary N) is 1. The molecule has 4 aromatic heterocycles. The SMILES string of the molecule is CCCCCc1nnc(CCCCC)nn1.COCCOCCOCCOCCOCCOCCOCCOCCOCCOCCOCC(=O)CCc1nnc(CNC(=O)COCCOCCOCCOCCOCCOCCOCCOCCOCCOCCOC)nn1.NCc1nnc(CN)nn1.Nc1ccc(-c2cnc(-c3ccccc3)nn2)cc1. The lowest BCUT2D eigenvalue weighted by Crippen LogP contribution is -2.29. The Morgan fingerprint density at radius 2 is 0.592 bits per heavy atom. The van der Waals surface area contributed by atoms with E-state index in [0.29, 0.717) is 274 Å². The van der Waals surface area contributed by atoms with Gasteiger partial charge in [-0.1, -0.05) is 82.0 Å². The Kier molecular flexibility index (Phi) is 76.4. The lowest BCUT2D eigenvalue weighted by molar-refractivity contribution is -0.126. The quantitative estimate of drug-likeness (QED) is 0.0315. The summed E-state index contributed by atoms with van der Waals surface area (Å²) in [5.41, 5.74) is 19.4. The zero-order valence-corrected chi connectivity index (χ0v) is 73.9.